The lowest BCUT2D eigenvalue weighted by atomic mass is 9.87. The van der Waals surface area contributed by atoms with Gasteiger partial charge in [0.15, 0.2) is 0 Å². The van der Waals surface area contributed by atoms with Gasteiger partial charge in [-0.25, -0.2) is 0 Å². The summed E-state index contributed by atoms with van der Waals surface area (Å²) in [7, 11) is 3.30. The third-order valence-corrected chi connectivity index (χ3v) is 4.47. The van der Waals surface area contributed by atoms with Crippen molar-refractivity contribution in [2.24, 2.45) is 5.73 Å². The Morgan fingerprint density at radius 1 is 0.773 bits per heavy atom. The summed E-state index contributed by atoms with van der Waals surface area (Å²) in [4.78, 5) is 0. The van der Waals surface area contributed by atoms with E-state index in [4.69, 9.17) is 15.2 Å². The molecule has 0 saturated carbocycles. The number of methoxy groups -OCH3 is 2. The smallest absolute Gasteiger partial charge is 0.122 e. The van der Waals surface area contributed by atoms with Crippen molar-refractivity contribution in [2.75, 3.05) is 14.2 Å². The normalized spacial score (nSPS) is 12.1. The number of nitrogens with two attached hydrogens (primary N) is 1. The molecule has 118 valence electrons. The highest BCUT2D eigenvalue weighted by Gasteiger charge is 2.18. The Bertz CT molecular complexity index is 644. The molecule has 3 heteroatoms. The van der Waals surface area contributed by atoms with Crippen LogP contribution >= 0.6 is 0 Å². The number of hydrogen-bond acceptors (Lipinski definition) is 3. The molecule has 0 spiro atoms. The van der Waals surface area contributed by atoms with Crippen LogP contribution in [0.3, 0.4) is 0 Å². The molecule has 2 rings (SSSR count). The van der Waals surface area contributed by atoms with Crippen molar-refractivity contribution in [3.63, 3.8) is 0 Å². The molecule has 0 amide bonds. The number of ether oxygens (including phenoxy) is 2. The lowest BCUT2D eigenvalue weighted by Gasteiger charge is -2.22. The molecule has 1 unspecified atom stereocenters. The molecule has 0 saturated heterocycles. The van der Waals surface area contributed by atoms with Gasteiger partial charge in [0.05, 0.1) is 20.3 Å². The van der Waals surface area contributed by atoms with Gasteiger partial charge in [0, 0.05) is 6.07 Å². The van der Waals surface area contributed by atoms with Gasteiger partial charge in [-0.1, -0.05) is 6.07 Å². The van der Waals surface area contributed by atoms with E-state index in [0.717, 1.165) is 17.1 Å². The molecule has 0 radical (unpaired) electrons. The maximum absolute atomic E-state index is 6.59. The molecule has 0 aliphatic rings. The van der Waals surface area contributed by atoms with Gasteiger partial charge >= 0.3 is 0 Å². The minimum atomic E-state index is -0.206. The Morgan fingerprint density at radius 3 is 1.64 bits per heavy atom. The zero-order valence-corrected chi connectivity index (χ0v) is 14.3. The van der Waals surface area contributed by atoms with Crippen molar-refractivity contribution >= 4 is 0 Å². The van der Waals surface area contributed by atoms with Crippen LogP contribution in [0.2, 0.25) is 0 Å². The second-order valence-corrected chi connectivity index (χ2v) is 5.80. The topological polar surface area (TPSA) is 44.5 Å². The zero-order valence-electron chi connectivity index (χ0n) is 14.3. The summed E-state index contributed by atoms with van der Waals surface area (Å²) in [6.45, 7) is 8.52. The molecule has 0 fully saturated rings. The highest BCUT2D eigenvalue weighted by molar-refractivity contribution is 5.50. The number of hydrogen-bond donors (Lipinski definition) is 1. The van der Waals surface area contributed by atoms with Gasteiger partial charge in [-0.15, -0.1) is 0 Å². The van der Waals surface area contributed by atoms with Gasteiger partial charge in [0.1, 0.15) is 11.5 Å². The molecule has 3 nitrogen and oxygen atoms in total. The van der Waals surface area contributed by atoms with Crippen LogP contribution in [-0.4, -0.2) is 14.2 Å². The highest BCUT2D eigenvalue weighted by atomic mass is 16.5. The van der Waals surface area contributed by atoms with Crippen LogP contribution in [0.5, 0.6) is 11.5 Å². The van der Waals surface area contributed by atoms with E-state index in [1.807, 2.05) is 18.2 Å². The SMILES string of the molecule is COc1cc(OC)cc(C(N)c2c(C)c(C)cc(C)c2C)c1. The van der Waals surface area contributed by atoms with Gasteiger partial charge in [0.25, 0.3) is 0 Å². The van der Waals surface area contributed by atoms with Crippen molar-refractivity contribution < 1.29 is 9.47 Å². The Hall–Kier alpha value is -2.00. The minimum Gasteiger partial charge on any atom is -0.497 e. The monoisotopic (exact) mass is 299 g/mol. The molecule has 2 aromatic rings. The average Bonchev–Trinajstić information content (AvgIpc) is 2.52. The Labute approximate surface area is 133 Å². The lowest BCUT2D eigenvalue weighted by molar-refractivity contribution is 0.393. The van der Waals surface area contributed by atoms with Crippen LogP contribution in [0.4, 0.5) is 0 Å². The molecule has 1 atom stereocenters. The van der Waals surface area contributed by atoms with Crippen LogP contribution in [0, 0.1) is 27.7 Å². The first-order chi connectivity index (χ1) is 10.4. The van der Waals surface area contributed by atoms with Gasteiger partial charge in [-0.05, 0) is 73.2 Å². The molecule has 2 N–H and O–H groups in total. The van der Waals surface area contributed by atoms with Crippen molar-refractivity contribution in [3.8, 4) is 11.5 Å². The molecule has 22 heavy (non-hydrogen) atoms. The summed E-state index contributed by atoms with van der Waals surface area (Å²) in [5, 5.41) is 0. The zero-order chi connectivity index (χ0) is 16.4. The third kappa shape index (κ3) is 2.95. The lowest BCUT2D eigenvalue weighted by Crippen LogP contribution is -2.16. The Morgan fingerprint density at radius 2 is 1.23 bits per heavy atom. The standard InChI is InChI=1S/C19H25NO2/c1-11-7-12(2)14(4)18(13(11)3)19(20)15-8-16(21-5)10-17(9-15)22-6/h7-10,19H,20H2,1-6H3. The Balaban J connectivity index is 2.60. The van der Waals surface area contributed by atoms with E-state index in [0.29, 0.717) is 0 Å². The number of aryl methyl sites for hydroxylation is 2. The molecule has 0 aliphatic carbocycles. The molecule has 0 bridgehead atoms. The van der Waals surface area contributed by atoms with E-state index in [1.165, 1.54) is 27.8 Å². The summed E-state index contributed by atoms with van der Waals surface area (Å²) in [5.41, 5.74) is 13.8. The second kappa shape index (κ2) is 6.41. The van der Waals surface area contributed by atoms with E-state index < -0.39 is 0 Å². The summed E-state index contributed by atoms with van der Waals surface area (Å²) in [6.07, 6.45) is 0. The Kier molecular flexibility index (Phi) is 4.77. The molecule has 0 aromatic heterocycles. The first-order valence-electron chi connectivity index (χ1n) is 7.44. The van der Waals surface area contributed by atoms with Crippen LogP contribution < -0.4 is 15.2 Å². The molecular formula is C19H25NO2. The van der Waals surface area contributed by atoms with E-state index >= 15 is 0 Å². The summed E-state index contributed by atoms with van der Waals surface area (Å²) in [5.74, 6) is 1.51. The van der Waals surface area contributed by atoms with E-state index in [-0.39, 0.29) is 6.04 Å². The van der Waals surface area contributed by atoms with Crippen molar-refractivity contribution in [3.05, 3.63) is 57.6 Å². The summed E-state index contributed by atoms with van der Waals surface area (Å²) < 4.78 is 10.7. The minimum absolute atomic E-state index is 0.206. The molecule has 2 aromatic carbocycles. The van der Waals surface area contributed by atoms with Crippen molar-refractivity contribution in [1.82, 2.24) is 0 Å². The fourth-order valence-corrected chi connectivity index (χ4v) is 2.89. The third-order valence-electron chi connectivity index (χ3n) is 4.47. The largest absolute Gasteiger partial charge is 0.497 e. The number of benzene rings is 2. The summed E-state index contributed by atoms with van der Waals surface area (Å²) in [6, 6.07) is 7.82. The van der Waals surface area contributed by atoms with Crippen LogP contribution in [-0.2, 0) is 0 Å². The average molecular weight is 299 g/mol. The highest BCUT2D eigenvalue weighted by Crippen LogP contribution is 2.33. The first kappa shape index (κ1) is 16.4. The van der Waals surface area contributed by atoms with Gasteiger partial charge in [-0.2, -0.15) is 0 Å². The van der Waals surface area contributed by atoms with Crippen LogP contribution in [0.15, 0.2) is 24.3 Å². The van der Waals surface area contributed by atoms with Gasteiger partial charge < -0.3 is 15.2 Å². The maximum atomic E-state index is 6.59. The second-order valence-electron chi connectivity index (χ2n) is 5.80. The van der Waals surface area contributed by atoms with E-state index in [1.54, 1.807) is 14.2 Å². The predicted molar refractivity (Wildman–Crippen MR) is 91.0 cm³/mol. The van der Waals surface area contributed by atoms with Crippen molar-refractivity contribution in [2.45, 2.75) is 33.7 Å². The van der Waals surface area contributed by atoms with Crippen molar-refractivity contribution in [1.29, 1.82) is 0 Å². The molecule has 0 heterocycles. The number of rotatable bonds is 4. The molecular weight excluding hydrogens is 274 g/mol. The fourth-order valence-electron chi connectivity index (χ4n) is 2.89. The van der Waals surface area contributed by atoms with Gasteiger partial charge in [-0.3, -0.25) is 0 Å². The first-order valence-corrected chi connectivity index (χ1v) is 7.44. The van der Waals surface area contributed by atoms with Gasteiger partial charge in [0.2, 0.25) is 0 Å². The van der Waals surface area contributed by atoms with Crippen LogP contribution in [0.25, 0.3) is 0 Å². The van der Waals surface area contributed by atoms with Crippen LogP contribution in [0.1, 0.15) is 39.4 Å². The quantitative estimate of drug-likeness (QED) is 0.928. The summed E-state index contributed by atoms with van der Waals surface area (Å²) >= 11 is 0. The fraction of sp³-hybridized carbons (Fsp3) is 0.368. The maximum Gasteiger partial charge on any atom is 0.122 e. The van der Waals surface area contributed by atoms with E-state index in [9.17, 15) is 0 Å². The molecule has 0 aliphatic heterocycles. The van der Waals surface area contributed by atoms with E-state index in [2.05, 4.69) is 33.8 Å². The predicted octanol–water partition coefficient (Wildman–Crippen LogP) is 3.99.